The monoisotopic (exact) mass is 392 g/mol. The van der Waals surface area contributed by atoms with Gasteiger partial charge in [0.15, 0.2) is 0 Å². The fourth-order valence-electron chi connectivity index (χ4n) is 4.86. The van der Waals surface area contributed by atoms with Crippen LogP contribution in [0.3, 0.4) is 0 Å². The van der Waals surface area contributed by atoms with E-state index in [0.29, 0.717) is 19.4 Å². The van der Waals surface area contributed by atoms with E-state index in [-0.39, 0.29) is 28.7 Å². The average Bonchev–Trinajstić information content (AvgIpc) is 2.98. The second-order valence-corrected chi connectivity index (χ2v) is 10.8. The van der Waals surface area contributed by atoms with Crippen molar-refractivity contribution in [3.05, 3.63) is 17.5 Å². The number of hydrogen-bond acceptors (Lipinski definition) is 6. The minimum absolute atomic E-state index is 0.0717. The third kappa shape index (κ3) is 3.44. The summed E-state index contributed by atoms with van der Waals surface area (Å²) in [7, 11) is 0.936. The maximum Gasteiger partial charge on any atom is 0.225 e. The van der Waals surface area contributed by atoms with Crippen LogP contribution in [-0.2, 0) is 26.5 Å². The van der Waals surface area contributed by atoms with Gasteiger partial charge < -0.3 is 9.80 Å². The number of fused-ring (bicyclic) bond motifs is 2. The van der Waals surface area contributed by atoms with Crippen molar-refractivity contribution in [1.29, 1.82) is 0 Å². The number of aromatic nitrogens is 2. The first-order valence-electron chi connectivity index (χ1n) is 9.83. The molecule has 2 aliphatic heterocycles. The fourth-order valence-corrected chi connectivity index (χ4v) is 6.35. The first-order chi connectivity index (χ1) is 12.8. The van der Waals surface area contributed by atoms with E-state index in [2.05, 4.69) is 4.98 Å². The molecule has 0 aromatic carbocycles. The zero-order chi connectivity index (χ0) is 19.2. The van der Waals surface area contributed by atoms with Gasteiger partial charge in [0, 0.05) is 44.7 Å². The van der Waals surface area contributed by atoms with Gasteiger partial charge >= 0.3 is 0 Å². The normalized spacial score (nSPS) is 27.6. The van der Waals surface area contributed by atoms with Gasteiger partial charge in [-0.15, -0.1) is 0 Å². The summed E-state index contributed by atoms with van der Waals surface area (Å²) in [5.74, 6) is 0.998. The summed E-state index contributed by atoms with van der Waals surface area (Å²) in [6, 6.07) is 0. The molecule has 2 saturated heterocycles. The molecule has 7 nitrogen and oxygen atoms in total. The Morgan fingerprint density at radius 3 is 2.70 bits per heavy atom. The Kier molecular flexibility index (Phi) is 4.64. The lowest BCUT2D eigenvalue weighted by molar-refractivity contribution is -0.138. The number of hydrogen-bond donors (Lipinski definition) is 0. The molecule has 1 atom stereocenters. The highest BCUT2D eigenvalue weighted by Gasteiger charge is 2.45. The number of carbonyl (C=O) groups is 1. The molecular formula is C19H28N4O3S. The van der Waals surface area contributed by atoms with Crippen LogP contribution in [0.15, 0.2) is 6.20 Å². The second kappa shape index (κ2) is 6.72. The minimum Gasteiger partial charge on any atom is -0.347 e. The zero-order valence-corrected chi connectivity index (χ0v) is 17.0. The molecule has 8 heteroatoms. The standard InChI is InChI=1S/C19H28N4O3S/c1-22(2)18-20-12-15-4-8-19(16(15)21-18)7-3-9-23(13-19)17(24)14-5-10-27(25,26)11-6-14/h12,14H,3-11,13H2,1-2H3. The van der Waals surface area contributed by atoms with Gasteiger partial charge in [0.25, 0.3) is 0 Å². The van der Waals surface area contributed by atoms with Crippen molar-refractivity contribution in [2.75, 3.05) is 43.6 Å². The Labute approximate surface area is 161 Å². The molecule has 1 unspecified atom stereocenters. The molecule has 0 bridgehead atoms. The molecule has 3 heterocycles. The van der Waals surface area contributed by atoms with Crippen molar-refractivity contribution in [1.82, 2.24) is 14.9 Å². The van der Waals surface area contributed by atoms with Gasteiger partial charge in [0.1, 0.15) is 9.84 Å². The van der Waals surface area contributed by atoms with Crippen molar-refractivity contribution >= 4 is 21.7 Å². The van der Waals surface area contributed by atoms with Crippen molar-refractivity contribution in [3.8, 4) is 0 Å². The van der Waals surface area contributed by atoms with Crippen LogP contribution in [0.1, 0.15) is 43.4 Å². The number of rotatable bonds is 2. The number of amides is 1. The van der Waals surface area contributed by atoms with Gasteiger partial charge in [-0.25, -0.2) is 18.4 Å². The van der Waals surface area contributed by atoms with E-state index in [1.54, 1.807) is 0 Å². The number of aryl methyl sites for hydroxylation is 1. The molecule has 0 saturated carbocycles. The Morgan fingerprint density at radius 2 is 2.00 bits per heavy atom. The highest BCUT2D eigenvalue weighted by molar-refractivity contribution is 7.91. The molecule has 0 radical (unpaired) electrons. The van der Waals surface area contributed by atoms with Gasteiger partial charge in [0.2, 0.25) is 11.9 Å². The van der Waals surface area contributed by atoms with Crippen LogP contribution in [0.5, 0.6) is 0 Å². The molecule has 3 aliphatic rings. The maximum atomic E-state index is 13.1. The number of sulfone groups is 1. The Balaban J connectivity index is 1.54. The molecule has 1 aromatic heterocycles. The summed E-state index contributed by atoms with van der Waals surface area (Å²) in [6.07, 6.45) is 6.87. The van der Waals surface area contributed by atoms with Crippen LogP contribution in [-0.4, -0.2) is 67.9 Å². The molecule has 1 amide bonds. The van der Waals surface area contributed by atoms with Crippen molar-refractivity contribution in [2.24, 2.45) is 5.92 Å². The largest absolute Gasteiger partial charge is 0.347 e. The topological polar surface area (TPSA) is 83.5 Å². The third-order valence-electron chi connectivity index (χ3n) is 6.42. The number of nitrogens with zero attached hydrogens (tertiary/aromatic N) is 4. The molecule has 1 aromatic rings. The van der Waals surface area contributed by atoms with E-state index in [4.69, 9.17) is 4.98 Å². The summed E-state index contributed by atoms with van der Waals surface area (Å²) in [5, 5.41) is 0. The number of likely N-dealkylation sites (tertiary alicyclic amines) is 1. The summed E-state index contributed by atoms with van der Waals surface area (Å²) >= 11 is 0. The van der Waals surface area contributed by atoms with E-state index in [9.17, 15) is 13.2 Å². The SMILES string of the molecule is CN(C)c1ncc2c(n1)C1(CCCN(C(=O)C3CCS(=O)(=O)CC3)C1)CC2. The van der Waals surface area contributed by atoms with Gasteiger partial charge in [-0.3, -0.25) is 4.79 Å². The van der Waals surface area contributed by atoms with Gasteiger partial charge in [-0.05, 0) is 44.1 Å². The molecular weight excluding hydrogens is 364 g/mol. The van der Waals surface area contributed by atoms with Gasteiger partial charge in [-0.2, -0.15) is 0 Å². The summed E-state index contributed by atoms with van der Waals surface area (Å²) in [6.45, 7) is 1.47. The van der Waals surface area contributed by atoms with Crippen LogP contribution in [0.2, 0.25) is 0 Å². The molecule has 1 spiro atoms. The highest BCUT2D eigenvalue weighted by atomic mass is 32.2. The Hall–Kier alpha value is -1.70. The highest BCUT2D eigenvalue weighted by Crippen LogP contribution is 2.44. The minimum atomic E-state index is -2.95. The van der Waals surface area contributed by atoms with Crippen molar-refractivity contribution < 1.29 is 13.2 Å². The van der Waals surface area contributed by atoms with E-state index in [0.717, 1.165) is 43.9 Å². The fraction of sp³-hybridized carbons (Fsp3) is 0.737. The average molecular weight is 393 g/mol. The molecule has 27 heavy (non-hydrogen) atoms. The van der Waals surface area contributed by atoms with Crippen LogP contribution < -0.4 is 4.90 Å². The predicted octanol–water partition coefficient (Wildman–Crippen LogP) is 1.17. The lowest BCUT2D eigenvalue weighted by Gasteiger charge is -2.42. The third-order valence-corrected chi connectivity index (χ3v) is 8.13. The lowest BCUT2D eigenvalue weighted by Crippen LogP contribution is -2.50. The first kappa shape index (κ1) is 18.7. The van der Waals surface area contributed by atoms with Crippen LogP contribution in [0.25, 0.3) is 0 Å². The van der Waals surface area contributed by atoms with E-state index in [1.165, 1.54) is 5.56 Å². The number of piperidine rings is 1. The second-order valence-electron chi connectivity index (χ2n) is 8.51. The molecule has 0 N–H and O–H groups in total. The Morgan fingerprint density at radius 1 is 1.26 bits per heavy atom. The summed E-state index contributed by atoms with van der Waals surface area (Å²) in [4.78, 5) is 26.3. The van der Waals surface area contributed by atoms with E-state index in [1.807, 2.05) is 30.1 Å². The van der Waals surface area contributed by atoms with Crippen LogP contribution in [0, 0.1) is 5.92 Å². The van der Waals surface area contributed by atoms with Crippen molar-refractivity contribution in [3.63, 3.8) is 0 Å². The molecule has 4 rings (SSSR count). The number of carbonyl (C=O) groups excluding carboxylic acids is 1. The zero-order valence-electron chi connectivity index (χ0n) is 16.1. The summed E-state index contributed by atoms with van der Waals surface area (Å²) < 4.78 is 23.4. The Bertz CT molecular complexity index is 837. The predicted molar refractivity (Wildman–Crippen MR) is 104 cm³/mol. The lowest BCUT2D eigenvalue weighted by atomic mass is 9.77. The molecule has 2 fully saturated rings. The van der Waals surface area contributed by atoms with E-state index < -0.39 is 9.84 Å². The van der Waals surface area contributed by atoms with E-state index >= 15 is 0 Å². The number of anilines is 1. The smallest absolute Gasteiger partial charge is 0.225 e. The van der Waals surface area contributed by atoms with Crippen molar-refractivity contribution in [2.45, 2.75) is 43.9 Å². The molecule has 1 aliphatic carbocycles. The molecule has 148 valence electrons. The van der Waals surface area contributed by atoms with Gasteiger partial charge in [0.05, 0.1) is 17.2 Å². The van der Waals surface area contributed by atoms with Crippen LogP contribution >= 0.6 is 0 Å². The van der Waals surface area contributed by atoms with Gasteiger partial charge in [-0.1, -0.05) is 0 Å². The van der Waals surface area contributed by atoms with Crippen LogP contribution in [0.4, 0.5) is 5.95 Å². The summed E-state index contributed by atoms with van der Waals surface area (Å²) in [5.41, 5.74) is 2.25. The quantitative estimate of drug-likeness (QED) is 0.751. The first-order valence-corrected chi connectivity index (χ1v) is 11.6. The maximum absolute atomic E-state index is 13.1.